The van der Waals surface area contributed by atoms with E-state index < -0.39 is 35.2 Å². The third-order valence-electron chi connectivity index (χ3n) is 3.10. The number of carbonyl (C=O) groups excluding carboxylic acids is 3. The molecule has 0 aliphatic heterocycles. The fourth-order valence-electron chi connectivity index (χ4n) is 2.14. The van der Waals surface area contributed by atoms with E-state index in [0.29, 0.717) is 5.56 Å². The van der Waals surface area contributed by atoms with Crippen molar-refractivity contribution in [3.05, 3.63) is 35.9 Å². The lowest BCUT2D eigenvalue weighted by molar-refractivity contribution is -0.149. The Bertz CT molecular complexity index is 518. The molecule has 1 atom stereocenters. The molecular weight excluding hydrogens is 260 g/mol. The first kappa shape index (κ1) is 15.8. The summed E-state index contributed by atoms with van der Waals surface area (Å²) in [4.78, 5) is 46.2. The van der Waals surface area contributed by atoms with Gasteiger partial charge in [-0.1, -0.05) is 30.3 Å². The fraction of sp³-hybridized carbons (Fsp3) is 0.333. The smallest absolute Gasteiger partial charge is 0.308 e. The normalized spacial score (nSPS) is 11.9. The summed E-state index contributed by atoms with van der Waals surface area (Å²) in [5.74, 6) is -5.38. The van der Waals surface area contributed by atoms with Gasteiger partial charge in [0.2, 0.25) is 0 Å². The highest BCUT2D eigenvalue weighted by molar-refractivity contribution is 6.05. The van der Waals surface area contributed by atoms with E-state index in [9.17, 15) is 24.3 Å². The molecule has 5 heteroatoms. The van der Waals surface area contributed by atoms with E-state index in [1.165, 1.54) is 0 Å². The number of rotatable bonds is 7. The molecular formula is C15H16O5. The predicted molar refractivity (Wildman–Crippen MR) is 71.4 cm³/mol. The summed E-state index contributed by atoms with van der Waals surface area (Å²) in [7, 11) is 0. The molecule has 0 heterocycles. The van der Waals surface area contributed by atoms with Gasteiger partial charge >= 0.3 is 5.97 Å². The number of carbonyl (C=O) groups is 4. The highest BCUT2D eigenvalue weighted by Crippen LogP contribution is 2.21. The lowest BCUT2D eigenvalue weighted by Gasteiger charge is -2.18. The van der Waals surface area contributed by atoms with Gasteiger partial charge in [0, 0.05) is 12.0 Å². The Morgan fingerprint density at radius 2 is 1.50 bits per heavy atom. The van der Waals surface area contributed by atoms with E-state index in [4.69, 9.17) is 0 Å². The molecule has 1 aromatic rings. The minimum absolute atomic E-state index is 0.365. The van der Waals surface area contributed by atoms with Crippen molar-refractivity contribution in [3.63, 3.8) is 0 Å². The zero-order chi connectivity index (χ0) is 15.3. The van der Waals surface area contributed by atoms with Crippen LogP contribution in [0.2, 0.25) is 0 Å². The number of hydrogen-bond acceptors (Lipinski definition) is 4. The molecule has 1 unspecified atom stereocenters. The first-order chi connectivity index (χ1) is 9.34. The zero-order valence-electron chi connectivity index (χ0n) is 11.3. The van der Waals surface area contributed by atoms with Crippen LogP contribution < -0.4 is 0 Å². The molecule has 0 aliphatic carbocycles. The highest BCUT2D eigenvalue weighted by Gasteiger charge is 2.36. The van der Waals surface area contributed by atoms with Crippen molar-refractivity contribution in [2.75, 3.05) is 0 Å². The van der Waals surface area contributed by atoms with Crippen molar-refractivity contribution in [1.82, 2.24) is 0 Å². The van der Waals surface area contributed by atoms with Gasteiger partial charge in [0.25, 0.3) is 0 Å². The van der Waals surface area contributed by atoms with Crippen LogP contribution >= 0.6 is 0 Å². The molecule has 0 saturated carbocycles. The molecule has 106 valence electrons. The minimum Gasteiger partial charge on any atom is -0.481 e. The van der Waals surface area contributed by atoms with Crippen LogP contribution in [0.25, 0.3) is 0 Å². The molecule has 0 fully saturated rings. The first-order valence-corrected chi connectivity index (χ1v) is 6.16. The van der Waals surface area contributed by atoms with Crippen molar-refractivity contribution in [2.45, 2.75) is 20.3 Å². The Labute approximate surface area is 116 Å². The van der Waals surface area contributed by atoms with Crippen LogP contribution in [0, 0.1) is 11.8 Å². The van der Waals surface area contributed by atoms with Crippen molar-refractivity contribution in [2.24, 2.45) is 11.8 Å². The predicted octanol–water partition coefficient (Wildman–Crippen LogP) is 1.75. The second-order valence-corrected chi connectivity index (χ2v) is 4.64. The van der Waals surface area contributed by atoms with Crippen LogP contribution in [0.1, 0.15) is 30.6 Å². The molecule has 0 amide bonds. The molecule has 20 heavy (non-hydrogen) atoms. The van der Waals surface area contributed by atoms with Crippen LogP contribution in [0.4, 0.5) is 0 Å². The van der Waals surface area contributed by atoms with E-state index in [1.807, 2.05) is 0 Å². The van der Waals surface area contributed by atoms with Gasteiger partial charge < -0.3 is 5.11 Å². The van der Waals surface area contributed by atoms with E-state index >= 15 is 0 Å². The molecule has 0 spiro atoms. The number of hydrogen-bond donors (Lipinski definition) is 1. The number of aliphatic carboxylic acids is 1. The van der Waals surface area contributed by atoms with Crippen LogP contribution in [0.3, 0.4) is 0 Å². The summed E-state index contributed by atoms with van der Waals surface area (Å²) in [6.07, 6.45) is -0.372. The summed E-state index contributed by atoms with van der Waals surface area (Å²) in [6, 6.07) is 8.20. The Balaban J connectivity index is 2.99. The number of ketones is 3. The molecule has 0 aromatic heterocycles. The maximum Gasteiger partial charge on any atom is 0.308 e. The largest absolute Gasteiger partial charge is 0.481 e. The van der Waals surface area contributed by atoms with Crippen molar-refractivity contribution in [3.8, 4) is 0 Å². The molecule has 0 saturated heterocycles. The molecule has 5 nitrogen and oxygen atoms in total. The zero-order valence-corrected chi connectivity index (χ0v) is 11.3. The lowest BCUT2D eigenvalue weighted by atomic mass is 9.82. The standard InChI is InChI=1S/C15H16O5/c1-9(16)14(10(2)17)12(15(19)20)8-13(18)11-6-4-3-5-7-11/h3-7,12,14H,8H2,1-2H3,(H,19,20). The molecule has 1 aromatic carbocycles. The molecule has 1 N–H and O–H groups in total. The van der Waals surface area contributed by atoms with Crippen LogP contribution in [0.5, 0.6) is 0 Å². The molecule has 0 aliphatic rings. The third-order valence-corrected chi connectivity index (χ3v) is 3.10. The van der Waals surface area contributed by atoms with Gasteiger partial charge in [-0.3, -0.25) is 19.2 Å². The van der Waals surface area contributed by atoms with E-state index in [-0.39, 0.29) is 6.42 Å². The average molecular weight is 276 g/mol. The summed E-state index contributed by atoms with van der Waals surface area (Å²) in [5, 5.41) is 9.18. The van der Waals surface area contributed by atoms with Crippen molar-refractivity contribution >= 4 is 23.3 Å². The van der Waals surface area contributed by atoms with Gasteiger partial charge in [-0.05, 0) is 13.8 Å². The summed E-state index contributed by atoms with van der Waals surface area (Å²) < 4.78 is 0. The summed E-state index contributed by atoms with van der Waals surface area (Å²) >= 11 is 0. The Hall–Kier alpha value is -2.30. The van der Waals surface area contributed by atoms with E-state index in [1.54, 1.807) is 30.3 Å². The monoisotopic (exact) mass is 276 g/mol. The molecule has 0 radical (unpaired) electrons. The third kappa shape index (κ3) is 3.85. The summed E-state index contributed by atoms with van der Waals surface area (Å²) in [5.41, 5.74) is 0.365. The second kappa shape index (κ2) is 6.75. The quantitative estimate of drug-likeness (QED) is 0.605. The van der Waals surface area contributed by atoms with Crippen LogP contribution in [-0.2, 0) is 14.4 Å². The first-order valence-electron chi connectivity index (χ1n) is 6.16. The van der Waals surface area contributed by atoms with Crippen LogP contribution in [-0.4, -0.2) is 28.4 Å². The average Bonchev–Trinajstić information content (AvgIpc) is 2.37. The lowest BCUT2D eigenvalue weighted by Crippen LogP contribution is -2.35. The van der Waals surface area contributed by atoms with Crippen molar-refractivity contribution < 1.29 is 24.3 Å². The summed E-state index contributed by atoms with van der Waals surface area (Å²) in [6.45, 7) is 2.32. The Morgan fingerprint density at radius 1 is 1.00 bits per heavy atom. The number of Topliss-reactive ketones (excluding diaryl/α,β-unsaturated/α-hetero) is 3. The Kier molecular flexibility index (Phi) is 5.32. The maximum absolute atomic E-state index is 12.0. The molecule has 0 bridgehead atoms. The van der Waals surface area contributed by atoms with Gasteiger partial charge in [0.15, 0.2) is 5.78 Å². The van der Waals surface area contributed by atoms with Crippen molar-refractivity contribution in [1.29, 1.82) is 0 Å². The number of carboxylic acids is 1. The van der Waals surface area contributed by atoms with Gasteiger partial charge in [-0.25, -0.2) is 0 Å². The minimum atomic E-state index is -1.32. The SMILES string of the molecule is CC(=O)C(C(C)=O)C(CC(=O)c1ccccc1)C(=O)O. The van der Waals surface area contributed by atoms with Gasteiger partial charge in [0.1, 0.15) is 11.6 Å². The fourth-order valence-corrected chi connectivity index (χ4v) is 2.14. The topological polar surface area (TPSA) is 88.5 Å². The second-order valence-electron chi connectivity index (χ2n) is 4.64. The number of benzene rings is 1. The van der Waals surface area contributed by atoms with E-state index in [2.05, 4.69) is 0 Å². The maximum atomic E-state index is 12.0. The Morgan fingerprint density at radius 3 is 1.90 bits per heavy atom. The highest BCUT2D eigenvalue weighted by atomic mass is 16.4. The van der Waals surface area contributed by atoms with E-state index in [0.717, 1.165) is 13.8 Å². The van der Waals surface area contributed by atoms with Crippen LogP contribution in [0.15, 0.2) is 30.3 Å². The van der Waals surface area contributed by atoms with Gasteiger partial charge in [0.05, 0.1) is 11.8 Å². The number of carboxylic acid groups (broad SMARTS) is 1. The van der Waals surface area contributed by atoms with Gasteiger partial charge in [-0.2, -0.15) is 0 Å². The van der Waals surface area contributed by atoms with Gasteiger partial charge in [-0.15, -0.1) is 0 Å². The molecule has 1 rings (SSSR count).